The van der Waals surface area contributed by atoms with Crippen molar-refractivity contribution in [2.45, 2.75) is 32.9 Å². The first-order valence-corrected chi connectivity index (χ1v) is 9.64. The van der Waals surface area contributed by atoms with E-state index in [-0.39, 0.29) is 12.4 Å². The third-order valence-corrected chi connectivity index (χ3v) is 4.91. The summed E-state index contributed by atoms with van der Waals surface area (Å²) < 4.78 is 31.6. The van der Waals surface area contributed by atoms with Crippen LogP contribution in [0.4, 0.5) is 8.78 Å². The number of nitrogens with one attached hydrogen (secondary N) is 1. The molecule has 1 saturated heterocycles. The van der Waals surface area contributed by atoms with Crippen molar-refractivity contribution in [3.63, 3.8) is 0 Å². The van der Waals surface area contributed by atoms with Crippen molar-refractivity contribution in [2.75, 3.05) is 19.7 Å². The van der Waals surface area contributed by atoms with Crippen molar-refractivity contribution in [3.8, 4) is 5.75 Å². The van der Waals surface area contributed by atoms with E-state index in [1.54, 1.807) is 0 Å². The zero-order valence-corrected chi connectivity index (χ0v) is 16.1. The third-order valence-electron chi connectivity index (χ3n) is 4.91. The molecule has 1 fully saturated rings. The summed E-state index contributed by atoms with van der Waals surface area (Å²) in [6, 6.07) is 11.0. The number of piperidine rings is 1. The highest BCUT2D eigenvalue weighted by molar-refractivity contribution is 5.77. The molecule has 2 aromatic rings. The minimum atomic E-state index is -0.701. The van der Waals surface area contributed by atoms with Crippen LogP contribution in [-0.4, -0.2) is 30.5 Å². The Morgan fingerprint density at radius 2 is 1.93 bits per heavy atom. The number of carbonyl (C=O) groups excluding carboxylic acids is 1. The normalized spacial score (nSPS) is 17.3. The molecule has 28 heavy (non-hydrogen) atoms. The molecule has 4 nitrogen and oxygen atoms in total. The standard InChI is InChI=1S/C22H26F2N2O2/c1-16-3-2-10-26(13-16)14-18-6-4-17(5-7-18)12-25-22(27)15-28-21-11-19(23)8-9-20(21)24/h4-9,11,16H,2-3,10,12-15H2,1H3,(H,25,27). The second-order valence-corrected chi connectivity index (χ2v) is 7.44. The van der Waals surface area contributed by atoms with Gasteiger partial charge < -0.3 is 10.1 Å². The maximum Gasteiger partial charge on any atom is 0.258 e. The smallest absolute Gasteiger partial charge is 0.258 e. The van der Waals surface area contributed by atoms with E-state index in [9.17, 15) is 13.6 Å². The fraction of sp³-hybridized carbons (Fsp3) is 0.409. The Morgan fingerprint density at radius 3 is 2.68 bits per heavy atom. The van der Waals surface area contributed by atoms with Gasteiger partial charge in [-0.05, 0) is 48.6 Å². The number of halogens is 2. The average Bonchev–Trinajstić information content (AvgIpc) is 2.68. The second-order valence-electron chi connectivity index (χ2n) is 7.44. The Hall–Kier alpha value is -2.47. The highest BCUT2D eigenvalue weighted by atomic mass is 19.1. The molecule has 1 N–H and O–H groups in total. The molecular weight excluding hydrogens is 362 g/mol. The van der Waals surface area contributed by atoms with E-state index < -0.39 is 17.5 Å². The predicted octanol–water partition coefficient (Wildman–Crippen LogP) is 3.89. The number of carbonyl (C=O) groups is 1. The number of hydrogen-bond donors (Lipinski definition) is 1. The van der Waals surface area contributed by atoms with Crippen LogP contribution in [0.1, 0.15) is 30.9 Å². The van der Waals surface area contributed by atoms with Gasteiger partial charge in [0.15, 0.2) is 18.2 Å². The van der Waals surface area contributed by atoms with Crippen molar-refractivity contribution >= 4 is 5.91 Å². The predicted molar refractivity (Wildman–Crippen MR) is 104 cm³/mol. The minimum Gasteiger partial charge on any atom is -0.481 e. The van der Waals surface area contributed by atoms with Gasteiger partial charge in [-0.3, -0.25) is 9.69 Å². The molecule has 1 heterocycles. The molecule has 1 unspecified atom stereocenters. The van der Waals surface area contributed by atoms with E-state index >= 15 is 0 Å². The summed E-state index contributed by atoms with van der Waals surface area (Å²) in [4.78, 5) is 14.4. The molecule has 0 aliphatic carbocycles. The lowest BCUT2D eigenvalue weighted by Gasteiger charge is -2.30. The number of ether oxygens (including phenoxy) is 1. The molecule has 0 aromatic heterocycles. The Kier molecular flexibility index (Phi) is 6.98. The number of hydrogen-bond acceptors (Lipinski definition) is 3. The van der Waals surface area contributed by atoms with Crippen molar-refractivity contribution in [1.29, 1.82) is 0 Å². The quantitative estimate of drug-likeness (QED) is 0.782. The Labute approximate surface area is 164 Å². The Bertz CT molecular complexity index is 796. The molecule has 1 atom stereocenters. The van der Waals surface area contributed by atoms with Crippen LogP contribution in [0.3, 0.4) is 0 Å². The lowest BCUT2D eigenvalue weighted by Crippen LogP contribution is -2.33. The Morgan fingerprint density at radius 1 is 1.18 bits per heavy atom. The summed E-state index contributed by atoms with van der Waals surface area (Å²) in [5, 5.41) is 2.72. The van der Waals surface area contributed by atoms with E-state index in [1.807, 2.05) is 12.1 Å². The maximum absolute atomic E-state index is 13.5. The number of benzene rings is 2. The van der Waals surface area contributed by atoms with E-state index in [4.69, 9.17) is 4.74 Å². The second kappa shape index (κ2) is 9.64. The van der Waals surface area contributed by atoms with Crippen LogP contribution < -0.4 is 10.1 Å². The molecule has 1 aliphatic heterocycles. The van der Waals surface area contributed by atoms with Gasteiger partial charge in [-0.2, -0.15) is 0 Å². The van der Waals surface area contributed by atoms with Crippen LogP contribution >= 0.6 is 0 Å². The molecule has 6 heteroatoms. The average molecular weight is 388 g/mol. The molecule has 150 valence electrons. The molecule has 1 amide bonds. The van der Waals surface area contributed by atoms with Gasteiger partial charge in [0.2, 0.25) is 0 Å². The van der Waals surface area contributed by atoms with Crippen molar-refractivity contribution in [3.05, 3.63) is 65.2 Å². The molecule has 0 saturated carbocycles. The van der Waals surface area contributed by atoms with Gasteiger partial charge >= 0.3 is 0 Å². The maximum atomic E-state index is 13.5. The molecule has 1 aliphatic rings. The lowest BCUT2D eigenvalue weighted by molar-refractivity contribution is -0.123. The van der Waals surface area contributed by atoms with Crippen LogP contribution in [0.2, 0.25) is 0 Å². The van der Waals surface area contributed by atoms with Gasteiger partial charge in [0.25, 0.3) is 5.91 Å². The summed E-state index contributed by atoms with van der Waals surface area (Å²) in [6.07, 6.45) is 2.57. The molecule has 0 spiro atoms. The first-order chi connectivity index (χ1) is 13.5. The van der Waals surface area contributed by atoms with Gasteiger partial charge in [0.1, 0.15) is 5.82 Å². The molecular formula is C22H26F2N2O2. The molecule has 0 bridgehead atoms. The highest BCUT2D eigenvalue weighted by Crippen LogP contribution is 2.19. The van der Waals surface area contributed by atoms with Crippen LogP contribution in [0.25, 0.3) is 0 Å². The number of nitrogens with zero attached hydrogens (tertiary/aromatic N) is 1. The van der Waals surface area contributed by atoms with E-state index in [2.05, 4.69) is 29.3 Å². The number of amides is 1. The van der Waals surface area contributed by atoms with E-state index in [1.165, 1.54) is 18.4 Å². The van der Waals surface area contributed by atoms with E-state index in [0.29, 0.717) is 6.54 Å². The molecule has 0 radical (unpaired) electrons. The first-order valence-electron chi connectivity index (χ1n) is 9.64. The number of rotatable bonds is 7. The zero-order chi connectivity index (χ0) is 19.9. The fourth-order valence-corrected chi connectivity index (χ4v) is 3.43. The SMILES string of the molecule is CC1CCCN(Cc2ccc(CNC(=O)COc3cc(F)ccc3F)cc2)C1. The summed E-state index contributed by atoms with van der Waals surface area (Å²) in [6.45, 7) is 5.52. The minimum absolute atomic E-state index is 0.272. The van der Waals surface area contributed by atoms with Crippen molar-refractivity contribution < 1.29 is 18.3 Å². The van der Waals surface area contributed by atoms with Gasteiger partial charge in [-0.15, -0.1) is 0 Å². The topological polar surface area (TPSA) is 41.6 Å². The third kappa shape index (κ3) is 6.02. The fourth-order valence-electron chi connectivity index (χ4n) is 3.43. The summed E-state index contributed by atoms with van der Waals surface area (Å²) in [7, 11) is 0. The van der Waals surface area contributed by atoms with Gasteiger partial charge in [0.05, 0.1) is 0 Å². The largest absolute Gasteiger partial charge is 0.481 e. The van der Waals surface area contributed by atoms with Crippen LogP contribution in [0, 0.1) is 17.6 Å². The van der Waals surface area contributed by atoms with Crippen LogP contribution in [-0.2, 0) is 17.9 Å². The molecule has 2 aromatic carbocycles. The Balaban J connectivity index is 1.42. The molecule has 3 rings (SSSR count). The lowest BCUT2D eigenvalue weighted by atomic mass is 9.99. The first kappa shape index (κ1) is 20.3. The summed E-state index contributed by atoms with van der Waals surface area (Å²) in [5.74, 6) is -1.23. The van der Waals surface area contributed by atoms with Crippen LogP contribution in [0.5, 0.6) is 5.75 Å². The van der Waals surface area contributed by atoms with Crippen molar-refractivity contribution in [2.24, 2.45) is 5.92 Å². The van der Waals surface area contributed by atoms with Gasteiger partial charge in [0, 0.05) is 25.7 Å². The zero-order valence-electron chi connectivity index (χ0n) is 16.1. The monoisotopic (exact) mass is 388 g/mol. The number of likely N-dealkylation sites (tertiary alicyclic amines) is 1. The van der Waals surface area contributed by atoms with Gasteiger partial charge in [-0.1, -0.05) is 31.2 Å². The van der Waals surface area contributed by atoms with Crippen LogP contribution in [0.15, 0.2) is 42.5 Å². The van der Waals surface area contributed by atoms with Crippen molar-refractivity contribution in [1.82, 2.24) is 10.2 Å². The van der Waals surface area contributed by atoms with E-state index in [0.717, 1.165) is 49.3 Å². The summed E-state index contributed by atoms with van der Waals surface area (Å²) in [5.41, 5.74) is 2.23. The highest BCUT2D eigenvalue weighted by Gasteiger charge is 2.16. The summed E-state index contributed by atoms with van der Waals surface area (Å²) >= 11 is 0. The van der Waals surface area contributed by atoms with Gasteiger partial charge in [-0.25, -0.2) is 8.78 Å².